The van der Waals surface area contributed by atoms with Gasteiger partial charge in [-0.3, -0.25) is 0 Å². The van der Waals surface area contributed by atoms with Crippen molar-refractivity contribution >= 4 is 28.9 Å². The zero-order valence-electron chi connectivity index (χ0n) is 11.8. The molecular formula is C12H12N6O2S2. The Morgan fingerprint density at radius 3 is 2.91 bits per heavy atom. The molecule has 0 saturated carbocycles. The Kier molecular flexibility index (Phi) is 3.94. The molecule has 10 heteroatoms. The highest BCUT2D eigenvalue weighted by molar-refractivity contribution is 7.99. The van der Waals surface area contributed by atoms with Crippen LogP contribution in [0.1, 0.15) is 10.7 Å². The van der Waals surface area contributed by atoms with Crippen molar-refractivity contribution in [2.75, 3.05) is 0 Å². The Hall–Kier alpha value is -2.20. The van der Waals surface area contributed by atoms with Crippen molar-refractivity contribution in [1.82, 2.24) is 24.3 Å². The molecule has 0 aromatic carbocycles. The second-order valence-electron chi connectivity index (χ2n) is 4.56. The number of rotatable bonds is 5. The third kappa shape index (κ3) is 2.74. The highest BCUT2D eigenvalue weighted by Gasteiger charge is 2.23. The molecule has 0 amide bonds. The molecule has 0 aliphatic rings. The molecule has 3 aromatic rings. The number of aromatic nitrogens is 5. The van der Waals surface area contributed by atoms with Crippen molar-refractivity contribution in [2.24, 2.45) is 14.1 Å². The minimum Gasteiger partial charge on any atom is -0.358 e. The maximum absolute atomic E-state index is 11.0. The van der Waals surface area contributed by atoms with Gasteiger partial charge in [0.1, 0.15) is 5.82 Å². The Labute approximate surface area is 134 Å². The van der Waals surface area contributed by atoms with Gasteiger partial charge in [-0.15, -0.1) is 21.5 Å². The summed E-state index contributed by atoms with van der Waals surface area (Å²) in [6.45, 7) is 0. The fourth-order valence-electron chi connectivity index (χ4n) is 1.89. The molecule has 3 heterocycles. The van der Waals surface area contributed by atoms with E-state index in [1.165, 1.54) is 23.0 Å². The molecule has 0 bridgehead atoms. The van der Waals surface area contributed by atoms with Crippen LogP contribution in [0.5, 0.6) is 0 Å². The fraction of sp³-hybridized carbons (Fsp3) is 0.250. The van der Waals surface area contributed by atoms with Crippen LogP contribution in [0.3, 0.4) is 0 Å². The summed E-state index contributed by atoms with van der Waals surface area (Å²) in [5.41, 5.74) is 0. The smallest absolute Gasteiger partial charge is 0.358 e. The minimum atomic E-state index is -0.495. The highest BCUT2D eigenvalue weighted by Crippen LogP contribution is 2.32. The topological polar surface area (TPSA) is 91.7 Å². The first-order valence-corrected chi connectivity index (χ1v) is 8.00. The summed E-state index contributed by atoms with van der Waals surface area (Å²) in [6.07, 6.45) is 2.11. The van der Waals surface area contributed by atoms with Crippen LogP contribution in [0.15, 0.2) is 34.0 Å². The molecule has 0 atom stereocenters. The molecule has 0 fully saturated rings. The number of imidazole rings is 1. The van der Waals surface area contributed by atoms with Crippen LogP contribution in [-0.4, -0.2) is 29.2 Å². The monoisotopic (exact) mass is 336 g/mol. The van der Waals surface area contributed by atoms with Gasteiger partial charge in [-0.1, -0.05) is 6.07 Å². The van der Waals surface area contributed by atoms with E-state index in [0.717, 1.165) is 5.82 Å². The molecule has 0 unspecified atom stereocenters. The summed E-state index contributed by atoms with van der Waals surface area (Å²) < 4.78 is 3.46. The number of nitrogens with zero attached hydrogens (tertiary/aromatic N) is 6. The zero-order valence-corrected chi connectivity index (χ0v) is 13.5. The SMILES string of the molecule is Cn1cnc([N+](=O)[O-])c1Sc1nnc(Cc2cccs2)n1C. The number of hydrogen-bond donors (Lipinski definition) is 0. The van der Waals surface area contributed by atoms with E-state index in [1.807, 2.05) is 29.1 Å². The van der Waals surface area contributed by atoms with Crippen molar-refractivity contribution in [3.05, 3.63) is 44.7 Å². The van der Waals surface area contributed by atoms with Crippen molar-refractivity contribution in [3.8, 4) is 0 Å². The van der Waals surface area contributed by atoms with Crippen LogP contribution < -0.4 is 0 Å². The third-order valence-corrected chi connectivity index (χ3v) is 5.14. The maximum atomic E-state index is 11.0. The third-order valence-electron chi connectivity index (χ3n) is 3.06. The maximum Gasteiger partial charge on any atom is 0.396 e. The van der Waals surface area contributed by atoms with Gasteiger partial charge in [-0.25, -0.2) is 0 Å². The van der Waals surface area contributed by atoms with Gasteiger partial charge in [-0.05, 0) is 33.1 Å². The van der Waals surface area contributed by atoms with E-state index < -0.39 is 4.92 Å². The molecule has 0 spiro atoms. The van der Waals surface area contributed by atoms with Gasteiger partial charge in [0.25, 0.3) is 0 Å². The molecule has 0 radical (unpaired) electrons. The summed E-state index contributed by atoms with van der Waals surface area (Å²) in [4.78, 5) is 15.5. The molecule has 3 aromatic heterocycles. The zero-order chi connectivity index (χ0) is 15.7. The summed E-state index contributed by atoms with van der Waals surface area (Å²) in [5.74, 6) is 0.644. The molecule has 8 nitrogen and oxygen atoms in total. The van der Waals surface area contributed by atoms with E-state index in [9.17, 15) is 10.1 Å². The first kappa shape index (κ1) is 14.7. The number of hydrogen-bond acceptors (Lipinski definition) is 7. The van der Waals surface area contributed by atoms with E-state index >= 15 is 0 Å². The van der Waals surface area contributed by atoms with Crippen LogP contribution in [0.4, 0.5) is 5.82 Å². The largest absolute Gasteiger partial charge is 0.396 e. The lowest BCUT2D eigenvalue weighted by Crippen LogP contribution is -2.00. The lowest BCUT2D eigenvalue weighted by atomic mass is 10.3. The van der Waals surface area contributed by atoms with Gasteiger partial charge >= 0.3 is 5.82 Å². The lowest BCUT2D eigenvalue weighted by molar-refractivity contribution is -0.392. The molecule has 0 aliphatic heterocycles. The highest BCUT2D eigenvalue weighted by atomic mass is 32.2. The second-order valence-corrected chi connectivity index (χ2v) is 6.55. The Bertz CT molecular complexity index is 808. The van der Waals surface area contributed by atoms with E-state index in [0.29, 0.717) is 16.6 Å². The molecule has 3 rings (SSSR count). The standard InChI is InChI=1S/C12H12N6O2S2/c1-16-7-13-10(18(19)20)11(16)22-12-15-14-9(17(12)2)6-8-4-3-5-21-8/h3-5,7H,6H2,1-2H3. The average molecular weight is 336 g/mol. The van der Waals surface area contributed by atoms with Crippen LogP contribution in [0.2, 0.25) is 0 Å². The van der Waals surface area contributed by atoms with E-state index in [-0.39, 0.29) is 5.82 Å². The second kappa shape index (κ2) is 5.89. The fourth-order valence-corrected chi connectivity index (χ4v) is 3.50. The predicted octanol–water partition coefficient (Wildman–Crippen LogP) is 2.26. The molecule has 0 saturated heterocycles. The number of nitro groups is 1. The Morgan fingerprint density at radius 2 is 2.23 bits per heavy atom. The first-order valence-electron chi connectivity index (χ1n) is 6.30. The van der Waals surface area contributed by atoms with E-state index in [4.69, 9.17) is 0 Å². The Morgan fingerprint density at radius 1 is 1.41 bits per heavy atom. The van der Waals surface area contributed by atoms with Gasteiger partial charge in [0.05, 0.1) is 0 Å². The minimum absolute atomic E-state index is 0.171. The van der Waals surface area contributed by atoms with E-state index in [1.54, 1.807) is 23.0 Å². The number of thiophene rings is 1. The van der Waals surface area contributed by atoms with Gasteiger partial charge < -0.3 is 19.2 Å². The van der Waals surface area contributed by atoms with Crippen molar-refractivity contribution in [2.45, 2.75) is 16.6 Å². The van der Waals surface area contributed by atoms with Crippen LogP contribution >= 0.6 is 23.1 Å². The quantitative estimate of drug-likeness (QED) is 0.524. The van der Waals surface area contributed by atoms with Gasteiger partial charge in [0, 0.05) is 25.4 Å². The molecule has 0 N–H and O–H groups in total. The summed E-state index contributed by atoms with van der Waals surface area (Å²) in [7, 11) is 3.57. The number of aryl methyl sites for hydroxylation is 1. The van der Waals surface area contributed by atoms with Gasteiger partial charge in [0.15, 0.2) is 10.2 Å². The van der Waals surface area contributed by atoms with Crippen molar-refractivity contribution in [1.29, 1.82) is 0 Å². The van der Waals surface area contributed by atoms with E-state index in [2.05, 4.69) is 15.2 Å². The van der Waals surface area contributed by atoms with Crippen LogP contribution in [-0.2, 0) is 20.5 Å². The molecule has 22 heavy (non-hydrogen) atoms. The average Bonchev–Trinajstić information content (AvgIpc) is 3.18. The Balaban J connectivity index is 1.86. The van der Waals surface area contributed by atoms with Crippen molar-refractivity contribution in [3.63, 3.8) is 0 Å². The summed E-state index contributed by atoms with van der Waals surface area (Å²) >= 11 is 2.85. The van der Waals surface area contributed by atoms with Gasteiger partial charge in [-0.2, -0.15) is 0 Å². The summed E-state index contributed by atoms with van der Waals surface area (Å²) in [6, 6.07) is 4.03. The molecular weight excluding hydrogens is 324 g/mol. The van der Waals surface area contributed by atoms with Crippen LogP contribution in [0, 0.1) is 10.1 Å². The van der Waals surface area contributed by atoms with Gasteiger partial charge in [0.2, 0.25) is 6.33 Å². The molecule has 0 aliphatic carbocycles. The molecule has 114 valence electrons. The van der Waals surface area contributed by atoms with Crippen molar-refractivity contribution < 1.29 is 4.92 Å². The van der Waals surface area contributed by atoms with Crippen LogP contribution in [0.25, 0.3) is 0 Å². The lowest BCUT2D eigenvalue weighted by Gasteiger charge is -2.03. The normalized spacial score (nSPS) is 11.0. The first-order chi connectivity index (χ1) is 10.6. The summed E-state index contributed by atoms with van der Waals surface area (Å²) in [5, 5.41) is 22.3. The predicted molar refractivity (Wildman–Crippen MR) is 82.1 cm³/mol.